The maximum Gasteiger partial charge on any atom is 0.0855 e. The molecular formula is C14H30N2O2. The van der Waals surface area contributed by atoms with Crippen LogP contribution in [0.4, 0.5) is 0 Å². The molecule has 2 unspecified atom stereocenters. The molecule has 0 saturated carbocycles. The quantitative estimate of drug-likeness (QED) is 0.750. The Hall–Kier alpha value is -0.160. The first-order valence-corrected chi connectivity index (χ1v) is 7.08. The minimum atomic E-state index is -0.0474. The highest BCUT2D eigenvalue weighted by atomic mass is 16.5. The summed E-state index contributed by atoms with van der Waals surface area (Å²) < 4.78 is 11.4. The van der Waals surface area contributed by atoms with Crippen LogP contribution in [0.5, 0.6) is 0 Å². The van der Waals surface area contributed by atoms with Crippen LogP contribution in [0.1, 0.15) is 33.6 Å². The maximum atomic E-state index is 5.92. The highest BCUT2D eigenvalue weighted by Gasteiger charge is 2.28. The van der Waals surface area contributed by atoms with Crippen molar-refractivity contribution in [3.8, 4) is 0 Å². The second-order valence-corrected chi connectivity index (χ2v) is 5.70. The van der Waals surface area contributed by atoms with Crippen LogP contribution < -0.4 is 5.32 Å². The second-order valence-electron chi connectivity index (χ2n) is 5.70. The summed E-state index contributed by atoms with van der Waals surface area (Å²) in [6.45, 7) is 10.6. The van der Waals surface area contributed by atoms with Gasteiger partial charge in [-0.2, -0.15) is 0 Å². The van der Waals surface area contributed by atoms with Crippen molar-refractivity contribution in [2.75, 3.05) is 40.4 Å². The van der Waals surface area contributed by atoms with Gasteiger partial charge in [0.2, 0.25) is 0 Å². The van der Waals surface area contributed by atoms with E-state index in [2.05, 4.69) is 31.0 Å². The Balaban J connectivity index is 2.44. The van der Waals surface area contributed by atoms with Gasteiger partial charge in [-0.05, 0) is 40.3 Å². The van der Waals surface area contributed by atoms with Crippen LogP contribution in [0, 0.1) is 0 Å². The molecule has 0 amide bonds. The summed E-state index contributed by atoms with van der Waals surface area (Å²) in [7, 11) is 3.81. The molecule has 4 heteroatoms. The van der Waals surface area contributed by atoms with Crippen molar-refractivity contribution >= 4 is 0 Å². The summed E-state index contributed by atoms with van der Waals surface area (Å²) in [4.78, 5) is 2.46. The summed E-state index contributed by atoms with van der Waals surface area (Å²) in [5, 5.41) is 3.41. The number of likely N-dealkylation sites (N-methyl/N-ethyl adjacent to an activating group) is 2. The van der Waals surface area contributed by atoms with E-state index in [-0.39, 0.29) is 5.60 Å². The third-order valence-corrected chi connectivity index (χ3v) is 4.05. The van der Waals surface area contributed by atoms with E-state index in [1.807, 2.05) is 7.05 Å². The monoisotopic (exact) mass is 258 g/mol. The molecule has 4 nitrogen and oxygen atoms in total. The Labute approximate surface area is 112 Å². The lowest BCUT2D eigenvalue weighted by Crippen LogP contribution is -2.51. The van der Waals surface area contributed by atoms with Crippen molar-refractivity contribution in [3.63, 3.8) is 0 Å². The van der Waals surface area contributed by atoms with Gasteiger partial charge in [0.1, 0.15) is 0 Å². The maximum absolute atomic E-state index is 5.92. The number of rotatable bonds is 7. The van der Waals surface area contributed by atoms with E-state index < -0.39 is 0 Å². The van der Waals surface area contributed by atoms with E-state index in [0.29, 0.717) is 12.1 Å². The summed E-state index contributed by atoms with van der Waals surface area (Å²) >= 11 is 0. The van der Waals surface area contributed by atoms with E-state index in [1.54, 1.807) is 7.11 Å². The van der Waals surface area contributed by atoms with Crippen LogP contribution in [-0.2, 0) is 9.47 Å². The molecule has 0 spiro atoms. The Morgan fingerprint density at radius 3 is 2.78 bits per heavy atom. The molecule has 1 aliphatic rings. The summed E-state index contributed by atoms with van der Waals surface area (Å²) in [5.74, 6) is 0. The molecular weight excluding hydrogens is 228 g/mol. The number of ether oxygens (including phenoxy) is 2. The third-order valence-electron chi connectivity index (χ3n) is 4.05. The molecule has 18 heavy (non-hydrogen) atoms. The van der Waals surface area contributed by atoms with Crippen molar-refractivity contribution in [2.45, 2.75) is 51.4 Å². The van der Waals surface area contributed by atoms with Crippen molar-refractivity contribution in [2.24, 2.45) is 0 Å². The van der Waals surface area contributed by atoms with Gasteiger partial charge in [0.25, 0.3) is 0 Å². The van der Waals surface area contributed by atoms with Crippen LogP contribution in [0.3, 0.4) is 0 Å². The van der Waals surface area contributed by atoms with Crippen LogP contribution in [0.2, 0.25) is 0 Å². The van der Waals surface area contributed by atoms with Gasteiger partial charge in [0.15, 0.2) is 0 Å². The fourth-order valence-electron chi connectivity index (χ4n) is 2.38. The summed E-state index contributed by atoms with van der Waals surface area (Å²) in [6.07, 6.45) is 2.43. The first-order chi connectivity index (χ1) is 8.52. The van der Waals surface area contributed by atoms with Crippen LogP contribution >= 0.6 is 0 Å². The largest absolute Gasteiger partial charge is 0.379 e. The number of hydrogen-bond acceptors (Lipinski definition) is 4. The minimum Gasteiger partial charge on any atom is -0.379 e. The first kappa shape index (κ1) is 15.9. The molecule has 1 fully saturated rings. The molecule has 0 bridgehead atoms. The van der Waals surface area contributed by atoms with Gasteiger partial charge in [-0.1, -0.05) is 6.92 Å². The Morgan fingerprint density at radius 2 is 2.22 bits per heavy atom. The van der Waals surface area contributed by atoms with Crippen LogP contribution in [0.15, 0.2) is 0 Å². The predicted molar refractivity (Wildman–Crippen MR) is 75.0 cm³/mol. The molecule has 0 aromatic rings. The molecule has 1 saturated heterocycles. The normalized spacial score (nSPS) is 24.2. The molecule has 0 aromatic heterocycles. The molecule has 1 N–H and O–H groups in total. The number of morpholine rings is 1. The predicted octanol–water partition coefficient (Wildman–Crippen LogP) is 1.50. The average molecular weight is 258 g/mol. The molecule has 2 atom stereocenters. The van der Waals surface area contributed by atoms with Crippen LogP contribution in [0.25, 0.3) is 0 Å². The standard InChI is InChI=1S/C14H30N2O2/c1-6-16-9-10-18-13(11-16)12(15-4)7-8-14(2,3)17-5/h12-13,15H,6-11H2,1-5H3. The van der Waals surface area contributed by atoms with E-state index in [0.717, 1.165) is 39.1 Å². The Kier molecular flexibility index (Phi) is 6.57. The summed E-state index contributed by atoms with van der Waals surface area (Å²) in [5.41, 5.74) is -0.0474. The van der Waals surface area contributed by atoms with E-state index in [9.17, 15) is 0 Å². The Bertz CT molecular complexity index is 234. The topological polar surface area (TPSA) is 33.7 Å². The summed E-state index contributed by atoms with van der Waals surface area (Å²) in [6, 6.07) is 0.411. The molecule has 1 rings (SSSR count). The highest BCUT2D eigenvalue weighted by Crippen LogP contribution is 2.20. The van der Waals surface area contributed by atoms with Gasteiger partial charge < -0.3 is 14.8 Å². The molecule has 1 aliphatic heterocycles. The van der Waals surface area contributed by atoms with E-state index in [4.69, 9.17) is 9.47 Å². The number of nitrogens with one attached hydrogen (secondary N) is 1. The van der Waals surface area contributed by atoms with Crippen molar-refractivity contribution in [1.29, 1.82) is 0 Å². The van der Waals surface area contributed by atoms with Gasteiger partial charge in [-0.15, -0.1) is 0 Å². The van der Waals surface area contributed by atoms with Crippen molar-refractivity contribution in [3.05, 3.63) is 0 Å². The zero-order valence-electron chi connectivity index (χ0n) is 12.7. The van der Waals surface area contributed by atoms with Gasteiger partial charge in [-0.3, -0.25) is 4.90 Å². The smallest absolute Gasteiger partial charge is 0.0855 e. The molecule has 1 heterocycles. The minimum absolute atomic E-state index is 0.0474. The number of methoxy groups -OCH3 is 1. The first-order valence-electron chi connectivity index (χ1n) is 7.08. The lowest BCUT2D eigenvalue weighted by Gasteiger charge is -2.37. The van der Waals surface area contributed by atoms with Crippen molar-refractivity contribution < 1.29 is 9.47 Å². The fourth-order valence-corrected chi connectivity index (χ4v) is 2.38. The highest BCUT2D eigenvalue weighted by molar-refractivity contribution is 4.84. The fraction of sp³-hybridized carbons (Fsp3) is 1.00. The van der Waals surface area contributed by atoms with Crippen molar-refractivity contribution in [1.82, 2.24) is 10.2 Å². The molecule has 108 valence electrons. The van der Waals surface area contributed by atoms with Crippen LogP contribution in [-0.4, -0.2) is 63.0 Å². The third kappa shape index (κ3) is 4.84. The number of hydrogen-bond donors (Lipinski definition) is 1. The van der Waals surface area contributed by atoms with Gasteiger partial charge in [0.05, 0.1) is 18.3 Å². The number of nitrogens with zero attached hydrogens (tertiary/aromatic N) is 1. The average Bonchev–Trinajstić information content (AvgIpc) is 2.39. The zero-order valence-corrected chi connectivity index (χ0v) is 12.7. The second kappa shape index (κ2) is 7.43. The van der Waals surface area contributed by atoms with E-state index in [1.165, 1.54) is 0 Å². The Morgan fingerprint density at radius 1 is 1.50 bits per heavy atom. The lowest BCUT2D eigenvalue weighted by atomic mass is 9.95. The van der Waals surface area contributed by atoms with Gasteiger partial charge in [-0.25, -0.2) is 0 Å². The van der Waals surface area contributed by atoms with Gasteiger partial charge in [0, 0.05) is 26.2 Å². The molecule has 0 radical (unpaired) electrons. The molecule has 0 aromatic carbocycles. The lowest BCUT2D eigenvalue weighted by molar-refractivity contribution is -0.0512. The van der Waals surface area contributed by atoms with Gasteiger partial charge >= 0.3 is 0 Å². The SMILES string of the molecule is CCN1CCOC(C(CCC(C)(C)OC)NC)C1. The molecule has 0 aliphatic carbocycles. The van der Waals surface area contributed by atoms with E-state index >= 15 is 0 Å². The zero-order chi connectivity index (χ0) is 13.6.